The number of rotatable bonds is 1. The largest absolute Gasteiger partial charge is 0.300 e. The van der Waals surface area contributed by atoms with Crippen molar-refractivity contribution in [3.63, 3.8) is 0 Å². The van der Waals surface area contributed by atoms with Gasteiger partial charge in [0.15, 0.2) is 0 Å². The molecule has 0 amide bonds. The van der Waals surface area contributed by atoms with Crippen molar-refractivity contribution >= 4 is 5.78 Å². The molecule has 1 heteroatoms. The molecule has 0 aromatic heterocycles. The van der Waals surface area contributed by atoms with Gasteiger partial charge in [-0.15, -0.1) is 0 Å². The number of hydrogen-bond donors (Lipinski definition) is 0. The molecule has 0 spiro atoms. The molecule has 0 radical (unpaired) electrons. The lowest BCUT2D eigenvalue weighted by Crippen LogP contribution is -2.53. The van der Waals surface area contributed by atoms with E-state index in [4.69, 9.17) is 0 Å². The van der Waals surface area contributed by atoms with Crippen molar-refractivity contribution in [2.75, 3.05) is 0 Å². The molecule has 0 aromatic carbocycles. The van der Waals surface area contributed by atoms with E-state index in [0.717, 1.165) is 29.6 Å². The van der Waals surface area contributed by atoms with Gasteiger partial charge in [0.25, 0.3) is 0 Å². The summed E-state index contributed by atoms with van der Waals surface area (Å²) in [4.78, 5) is 12.2. The summed E-state index contributed by atoms with van der Waals surface area (Å²) < 4.78 is 0. The summed E-state index contributed by atoms with van der Waals surface area (Å²) in [5.41, 5.74) is 0.948. The van der Waals surface area contributed by atoms with Crippen LogP contribution in [0.25, 0.3) is 0 Å². The molecule has 23 heavy (non-hydrogen) atoms. The minimum Gasteiger partial charge on any atom is -0.300 e. The van der Waals surface area contributed by atoms with E-state index >= 15 is 0 Å². The first-order valence-electron chi connectivity index (χ1n) is 10.4. The third kappa shape index (κ3) is 2.20. The maximum atomic E-state index is 12.2. The Morgan fingerprint density at radius 3 is 2.30 bits per heavy atom. The molecule has 0 aromatic rings. The highest BCUT2D eigenvalue weighted by atomic mass is 16.1. The Balaban J connectivity index is 1.61. The van der Waals surface area contributed by atoms with Crippen molar-refractivity contribution in [1.29, 1.82) is 0 Å². The molecule has 0 heterocycles. The highest BCUT2D eigenvalue weighted by Gasteiger charge is 2.60. The topological polar surface area (TPSA) is 17.1 Å². The molecule has 4 aliphatic carbocycles. The summed E-state index contributed by atoms with van der Waals surface area (Å²) in [5.74, 6) is 5.50. The van der Waals surface area contributed by atoms with Gasteiger partial charge < -0.3 is 0 Å². The SMILES string of the molecule is CC(=O)[C@H]1CC[C@H]2[C@@H]3CC[C@H]4C[C@@H](C)CC[C@]4(C)[C@H]3CC[C@]12C. The molecular formula is C22H36O. The average Bonchev–Trinajstić information content (AvgIpc) is 2.85. The highest BCUT2D eigenvalue weighted by molar-refractivity contribution is 5.79. The summed E-state index contributed by atoms with van der Waals surface area (Å²) in [6.45, 7) is 9.45. The lowest BCUT2D eigenvalue weighted by atomic mass is 9.44. The molecule has 0 unspecified atom stereocenters. The van der Waals surface area contributed by atoms with E-state index in [1.54, 1.807) is 0 Å². The van der Waals surface area contributed by atoms with Crippen LogP contribution in [0.15, 0.2) is 0 Å². The molecule has 8 atom stereocenters. The molecular weight excluding hydrogens is 280 g/mol. The number of hydrogen-bond acceptors (Lipinski definition) is 1. The van der Waals surface area contributed by atoms with Crippen LogP contribution in [0.1, 0.15) is 85.5 Å². The lowest BCUT2D eigenvalue weighted by Gasteiger charge is -2.61. The Kier molecular flexibility index (Phi) is 3.75. The smallest absolute Gasteiger partial charge is 0.133 e. The van der Waals surface area contributed by atoms with Gasteiger partial charge in [0.05, 0.1) is 0 Å². The number of Topliss-reactive ketones (excluding diaryl/α,β-unsaturated/α-hetero) is 1. The monoisotopic (exact) mass is 316 g/mol. The van der Waals surface area contributed by atoms with E-state index in [1.807, 2.05) is 6.92 Å². The van der Waals surface area contributed by atoms with Crippen molar-refractivity contribution < 1.29 is 4.79 Å². The second kappa shape index (κ2) is 5.33. The Labute approximate surface area is 143 Å². The molecule has 4 saturated carbocycles. The second-order valence-corrected chi connectivity index (χ2v) is 10.3. The number of ketones is 1. The number of carbonyl (C=O) groups excluding carboxylic acids is 1. The van der Waals surface area contributed by atoms with E-state index in [2.05, 4.69) is 20.8 Å². The van der Waals surface area contributed by atoms with Crippen molar-refractivity contribution in [2.24, 2.45) is 46.3 Å². The standard InChI is InChI=1S/C22H36O/c1-14-9-11-21(3)16(13-14)5-6-17-19-8-7-18(15(2)23)22(19,4)12-10-20(17)21/h14,16-20H,5-13H2,1-4H3/t14-,16-,17-,18+,19-,20-,21-,22+/m0/s1. The van der Waals surface area contributed by atoms with Crippen LogP contribution < -0.4 is 0 Å². The first-order valence-corrected chi connectivity index (χ1v) is 10.4. The summed E-state index contributed by atoms with van der Waals surface area (Å²) >= 11 is 0. The van der Waals surface area contributed by atoms with Crippen LogP contribution in [0, 0.1) is 46.3 Å². The maximum absolute atomic E-state index is 12.2. The fraction of sp³-hybridized carbons (Fsp3) is 0.955. The minimum absolute atomic E-state index is 0.332. The summed E-state index contributed by atoms with van der Waals surface area (Å²) in [7, 11) is 0. The van der Waals surface area contributed by atoms with Gasteiger partial charge in [0, 0.05) is 5.92 Å². The molecule has 1 nitrogen and oxygen atoms in total. The van der Waals surface area contributed by atoms with Crippen molar-refractivity contribution in [2.45, 2.75) is 85.5 Å². The van der Waals surface area contributed by atoms with Gasteiger partial charge in [0.1, 0.15) is 5.78 Å². The van der Waals surface area contributed by atoms with Gasteiger partial charge in [-0.25, -0.2) is 0 Å². The Bertz CT molecular complexity index is 496. The third-order valence-electron chi connectivity index (χ3n) is 9.42. The van der Waals surface area contributed by atoms with Crippen LogP contribution in [0.4, 0.5) is 0 Å². The Morgan fingerprint density at radius 2 is 1.57 bits per heavy atom. The fourth-order valence-electron chi connectivity index (χ4n) is 8.14. The lowest BCUT2D eigenvalue weighted by molar-refractivity contribution is -0.135. The zero-order valence-corrected chi connectivity index (χ0v) is 15.7. The van der Waals surface area contributed by atoms with Gasteiger partial charge in [-0.3, -0.25) is 4.79 Å². The van der Waals surface area contributed by atoms with Crippen molar-refractivity contribution in [1.82, 2.24) is 0 Å². The second-order valence-electron chi connectivity index (χ2n) is 10.3. The fourth-order valence-corrected chi connectivity index (χ4v) is 8.14. The van der Waals surface area contributed by atoms with Gasteiger partial charge in [-0.2, -0.15) is 0 Å². The zero-order chi connectivity index (χ0) is 16.4. The van der Waals surface area contributed by atoms with Gasteiger partial charge in [-0.1, -0.05) is 27.2 Å². The molecule has 0 saturated heterocycles. The normalized spacial score (nSPS) is 55.7. The summed E-state index contributed by atoms with van der Waals surface area (Å²) in [6, 6.07) is 0. The van der Waals surface area contributed by atoms with E-state index < -0.39 is 0 Å². The van der Waals surface area contributed by atoms with Crippen LogP contribution in [0.5, 0.6) is 0 Å². The van der Waals surface area contributed by atoms with Crippen LogP contribution in [-0.4, -0.2) is 5.78 Å². The minimum atomic E-state index is 0.332. The molecule has 0 bridgehead atoms. The van der Waals surface area contributed by atoms with Crippen LogP contribution in [0.3, 0.4) is 0 Å². The Morgan fingerprint density at radius 1 is 0.870 bits per heavy atom. The zero-order valence-electron chi connectivity index (χ0n) is 15.7. The first kappa shape index (κ1) is 16.2. The summed E-state index contributed by atoms with van der Waals surface area (Å²) in [6.07, 6.45) is 12.6. The van der Waals surface area contributed by atoms with Crippen LogP contribution >= 0.6 is 0 Å². The molecule has 0 aliphatic heterocycles. The van der Waals surface area contributed by atoms with Crippen molar-refractivity contribution in [3.05, 3.63) is 0 Å². The van der Waals surface area contributed by atoms with Crippen molar-refractivity contribution in [3.8, 4) is 0 Å². The van der Waals surface area contributed by atoms with Crippen LogP contribution in [0.2, 0.25) is 0 Å². The summed E-state index contributed by atoms with van der Waals surface area (Å²) in [5, 5.41) is 0. The molecule has 4 aliphatic rings. The van der Waals surface area contributed by atoms with Gasteiger partial charge in [0.2, 0.25) is 0 Å². The maximum Gasteiger partial charge on any atom is 0.133 e. The number of fused-ring (bicyclic) bond motifs is 5. The molecule has 4 rings (SSSR count). The first-order chi connectivity index (χ1) is 10.9. The number of carbonyl (C=O) groups is 1. The Hall–Kier alpha value is -0.330. The average molecular weight is 317 g/mol. The van der Waals surface area contributed by atoms with Gasteiger partial charge >= 0.3 is 0 Å². The van der Waals surface area contributed by atoms with E-state index in [0.29, 0.717) is 22.5 Å². The van der Waals surface area contributed by atoms with E-state index in [9.17, 15) is 4.79 Å². The molecule has 0 N–H and O–H groups in total. The van der Waals surface area contributed by atoms with Gasteiger partial charge in [-0.05, 0) is 98.7 Å². The molecule has 4 fully saturated rings. The van der Waals surface area contributed by atoms with Crippen LogP contribution in [-0.2, 0) is 4.79 Å². The van der Waals surface area contributed by atoms with E-state index in [-0.39, 0.29) is 0 Å². The quantitative estimate of drug-likeness (QED) is 0.591. The molecule has 130 valence electrons. The third-order valence-corrected chi connectivity index (χ3v) is 9.42. The van der Waals surface area contributed by atoms with E-state index in [1.165, 1.54) is 57.8 Å². The predicted octanol–water partition coefficient (Wildman–Crippen LogP) is 5.87. The predicted molar refractivity (Wildman–Crippen MR) is 95.1 cm³/mol. The highest BCUT2D eigenvalue weighted by Crippen LogP contribution is 2.67.